The van der Waals surface area contributed by atoms with Crippen molar-refractivity contribution in [3.8, 4) is 0 Å². The van der Waals surface area contributed by atoms with E-state index in [9.17, 15) is 0 Å². The fourth-order valence-corrected chi connectivity index (χ4v) is 0.136. The Hall–Kier alpha value is 0.324. The average Bonchev–Trinajstić information content (AvgIpc) is 2.08. The quantitative estimate of drug-likeness (QED) is 0.503. The summed E-state index contributed by atoms with van der Waals surface area (Å²) in [5, 5.41) is 0. The van der Waals surface area contributed by atoms with Crippen LogP contribution in [0.1, 0.15) is 27.7 Å². The summed E-state index contributed by atoms with van der Waals surface area (Å²) < 4.78 is 0. The summed E-state index contributed by atoms with van der Waals surface area (Å²) in [7, 11) is 0. The molecule has 12 heavy (non-hydrogen) atoms. The molecule has 0 fully saturated rings. The zero-order chi connectivity index (χ0) is 8.83. The number of hydrogen-bond donors (Lipinski definition) is 0. The van der Waals surface area contributed by atoms with Crippen molar-refractivity contribution in [3.05, 3.63) is 44.9 Å². The summed E-state index contributed by atoms with van der Waals surface area (Å²) in [6.45, 7) is 14.8. The molecule has 71 valence electrons. The third kappa shape index (κ3) is 81.2. The standard InChI is InChI=1S/C6H7.2C2H6.CH3.Y/c1-3-5-6-4-2;2*1-2;;/h3-5H,1-2H2;2*1-2H3;1H3;/q-1;;;-1;. The van der Waals surface area contributed by atoms with Crippen LogP contribution in [0.4, 0.5) is 0 Å². The molecular formula is C11H22Y-2. The Bertz CT molecular complexity index is 63.1. The van der Waals surface area contributed by atoms with Gasteiger partial charge in [-0.2, -0.15) is 37.5 Å². The monoisotopic (exact) mass is 243 g/mol. The summed E-state index contributed by atoms with van der Waals surface area (Å²) in [5.41, 5.74) is 0. The minimum Gasteiger partial charge on any atom is -0.358 e. The molecule has 1 radical (unpaired) electrons. The van der Waals surface area contributed by atoms with Crippen molar-refractivity contribution in [2.75, 3.05) is 0 Å². The van der Waals surface area contributed by atoms with Crippen molar-refractivity contribution < 1.29 is 32.7 Å². The van der Waals surface area contributed by atoms with Gasteiger partial charge in [0.1, 0.15) is 0 Å². The number of allylic oxidation sites excluding steroid dienone is 4. The predicted octanol–water partition coefficient (Wildman–Crippen LogP) is 4.22. The molecule has 0 bridgehead atoms. The first-order valence-corrected chi connectivity index (χ1v) is 3.73. The topological polar surface area (TPSA) is 0 Å². The molecule has 0 unspecified atom stereocenters. The first-order valence-electron chi connectivity index (χ1n) is 3.73. The van der Waals surface area contributed by atoms with Crippen molar-refractivity contribution >= 4 is 0 Å². The van der Waals surface area contributed by atoms with E-state index in [4.69, 9.17) is 0 Å². The van der Waals surface area contributed by atoms with Gasteiger partial charge in [-0.25, -0.2) is 0 Å². The van der Waals surface area contributed by atoms with Crippen molar-refractivity contribution in [2.24, 2.45) is 0 Å². The normalized spacial score (nSPS) is 5.33. The second kappa shape index (κ2) is 64.6. The Morgan fingerprint density at radius 1 is 1.00 bits per heavy atom. The van der Waals surface area contributed by atoms with Crippen LogP contribution in [0.3, 0.4) is 0 Å². The van der Waals surface area contributed by atoms with E-state index in [0.29, 0.717) is 0 Å². The Morgan fingerprint density at radius 2 is 1.33 bits per heavy atom. The van der Waals surface area contributed by atoms with E-state index in [0.717, 1.165) is 0 Å². The molecular weight excluding hydrogens is 221 g/mol. The molecule has 0 amide bonds. The van der Waals surface area contributed by atoms with E-state index in [-0.39, 0.29) is 40.1 Å². The van der Waals surface area contributed by atoms with Crippen LogP contribution in [0.25, 0.3) is 0 Å². The number of hydrogen-bond acceptors (Lipinski definition) is 0. The second-order valence-corrected chi connectivity index (χ2v) is 0.773. The van der Waals surface area contributed by atoms with Gasteiger partial charge in [0.25, 0.3) is 0 Å². The van der Waals surface area contributed by atoms with Gasteiger partial charge in [0.2, 0.25) is 0 Å². The molecule has 0 aliphatic rings. The maximum atomic E-state index is 3.43. The van der Waals surface area contributed by atoms with Crippen LogP contribution in [0.15, 0.2) is 31.4 Å². The van der Waals surface area contributed by atoms with Crippen molar-refractivity contribution in [1.82, 2.24) is 0 Å². The van der Waals surface area contributed by atoms with E-state index in [1.807, 2.05) is 27.7 Å². The van der Waals surface area contributed by atoms with Gasteiger partial charge in [-0.05, 0) is 0 Å². The molecule has 0 aromatic heterocycles. The molecule has 0 spiro atoms. The van der Waals surface area contributed by atoms with Gasteiger partial charge in [0.15, 0.2) is 0 Å². The van der Waals surface area contributed by atoms with Crippen LogP contribution in [-0.4, -0.2) is 0 Å². The van der Waals surface area contributed by atoms with Crippen molar-refractivity contribution in [2.45, 2.75) is 27.7 Å². The molecule has 1 heteroatoms. The molecule has 0 rings (SSSR count). The smallest absolute Gasteiger partial charge is 0 e. The first-order chi connectivity index (χ1) is 4.91. The third-order valence-corrected chi connectivity index (χ3v) is 0.332. The van der Waals surface area contributed by atoms with E-state index in [1.54, 1.807) is 18.2 Å². The predicted molar refractivity (Wildman–Crippen MR) is 57.3 cm³/mol. The molecule has 0 aliphatic carbocycles. The Labute approximate surface area is 105 Å². The van der Waals surface area contributed by atoms with Crippen LogP contribution in [0.5, 0.6) is 0 Å². The Kier molecular flexibility index (Phi) is 158. The fraction of sp³-hybridized carbons (Fsp3) is 0.364. The summed E-state index contributed by atoms with van der Waals surface area (Å²) in [6, 6.07) is 0. The fourth-order valence-electron chi connectivity index (χ4n) is 0.136. The van der Waals surface area contributed by atoms with E-state index in [2.05, 4.69) is 19.2 Å². The van der Waals surface area contributed by atoms with Crippen molar-refractivity contribution in [3.63, 3.8) is 0 Å². The third-order valence-electron chi connectivity index (χ3n) is 0.332. The summed E-state index contributed by atoms with van der Waals surface area (Å²) >= 11 is 0. The van der Waals surface area contributed by atoms with E-state index >= 15 is 0 Å². The van der Waals surface area contributed by atoms with Crippen LogP contribution in [-0.2, 0) is 32.7 Å². The van der Waals surface area contributed by atoms with Gasteiger partial charge in [-0.1, -0.05) is 27.7 Å². The summed E-state index contributed by atoms with van der Waals surface area (Å²) in [5.74, 6) is 0. The van der Waals surface area contributed by atoms with Crippen LogP contribution in [0, 0.1) is 13.5 Å². The van der Waals surface area contributed by atoms with Gasteiger partial charge in [-0.3, -0.25) is 0 Å². The minimum absolute atomic E-state index is 0. The Balaban J connectivity index is -0.0000000241. The summed E-state index contributed by atoms with van der Waals surface area (Å²) in [6.07, 6.45) is 7.66. The van der Waals surface area contributed by atoms with Gasteiger partial charge < -0.3 is 7.43 Å². The molecule has 0 atom stereocenters. The average molecular weight is 243 g/mol. The number of rotatable bonds is 2. The molecule has 0 heterocycles. The largest absolute Gasteiger partial charge is 0.358 e. The first kappa shape index (κ1) is 29.5. The maximum Gasteiger partial charge on any atom is 0 e. The zero-order valence-electron chi connectivity index (χ0n) is 9.22. The van der Waals surface area contributed by atoms with Crippen LogP contribution in [0.2, 0.25) is 0 Å². The molecule has 0 aromatic rings. The van der Waals surface area contributed by atoms with Gasteiger partial charge >= 0.3 is 0 Å². The van der Waals surface area contributed by atoms with Gasteiger partial charge in [-0.15, -0.1) is 0 Å². The van der Waals surface area contributed by atoms with Crippen LogP contribution < -0.4 is 0 Å². The maximum absolute atomic E-state index is 3.43. The van der Waals surface area contributed by atoms with Crippen molar-refractivity contribution in [1.29, 1.82) is 0 Å². The van der Waals surface area contributed by atoms with E-state index in [1.165, 1.54) is 0 Å². The molecule has 0 aliphatic heterocycles. The SMILES string of the molecule is C=C[C-]=CC=C.CC.CC.[CH3-].[Y]. The summed E-state index contributed by atoms with van der Waals surface area (Å²) in [4.78, 5) is 0. The zero-order valence-corrected chi connectivity index (χ0v) is 12.1. The molecule has 0 N–H and O–H groups in total. The van der Waals surface area contributed by atoms with Gasteiger partial charge in [0.05, 0.1) is 0 Å². The molecule has 0 saturated carbocycles. The molecule has 0 nitrogen and oxygen atoms in total. The van der Waals surface area contributed by atoms with Gasteiger partial charge in [0, 0.05) is 32.7 Å². The van der Waals surface area contributed by atoms with Crippen LogP contribution >= 0.6 is 0 Å². The minimum atomic E-state index is 0. The molecule has 0 aromatic carbocycles. The van der Waals surface area contributed by atoms with E-state index < -0.39 is 0 Å². The Morgan fingerprint density at radius 3 is 1.42 bits per heavy atom. The molecule has 0 saturated heterocycles. The second-order valence-electron chi connectivity index (χ2n) is 0.773.